The lowest BCUT2D eigenvalue weighted by molar-refractivity contribution is 0.522. The SMILES string of the molecule is CCn1nc(C)cc1C(N)c1c(F)ccc(Br)c1F. The first-order chi connectivity index (χ1) is 8.95. The number of nitrogens with zero attached hydrogens (tertiary/aromatic N) is 2. The van der Waals surface area contributed by atoms with Crippen LogP contribution in [-0.4, -0.2) is 9.78 Å². The van der Waals surface area contributed by atoms with E-state index < -0.39 is 17.7 Å². The van der Waals surface area contributed by atoms with Gasteiger partial charge in [0, 0.05) is 12.1 Å². The van der Waals surface area contributed by atoms with Crippen molar-refractivity contribution in [1.29, 1.82) is 0 Å². The third-order valence-corrected chi connectivity index (χ3v) is 3.55. The van der Waals surface area contributed by atoms with Crippen LogP contribution in [-0.2, 0) is 6.54 Å². The second kappa shape index (κ2) is 5.38. The van der Waals surface area contributed by atoms with Crippen molar-refractivity contribution in [1.82, 2.24) is 9.78 Å². The van der Waals surface area contributed by atoms with Gasteiger partial charge in [0.2, 0.25) is 0 Å². The van der Waals surface area contributed by atoms with Gasteiger partial charge in [0.05, 0.1) is 21.9 Å². The molecule has 3 nitrogen and oxygen atoms in total. The smallest absolute Gasteiger partial charge is 0.145 e. The average molecular weight is 330 g/mol. The number of nitrogens with two attached hydrogens (primary N) is 1. The summed E-state index contributed by atoms with van der Waals surface area (Å²) < 4.78 is 29.7. The molecule has 0 aliphatic heterocycles. The quantitative estimate of drug-likeness (QED) is 0.878. The van der Waals surface area contributed by atoms with E-state index in [-0.39, 0.29) is 10.0 Å². The third kappa shape index (κ3) is 2.55. The van der Waals surface area contributed by atoms with E-state index in [0.29, 0.717) is 12.2 Å². The molecule has 0 aliphatic carbocycles. The van der Waals surface area contributed by atoms with E-state index in [4.69, 9.17) is 5.73 Å². The normalized spacial score (nSPS) is 12.7. The number of rotatable bonds is 3. The van der Waals surface area contributed by atoms with Gasteiger partial charge in [-0.1, -0.05) is 0 Å². The minimum Gasteiger partial charge on any atom is -0.319 e. The summed E-state index contributed by atoms with van der Waals surface area (Å²) in [7, 11) is 0. The minimum atomic E-state index is -0.890. The molecule has 0 aliphatic rings. The van der Waals surface area contributed by atoms with Crippen LogP contribution in [0.4, 0.5) is 8.78 Å². The number of halogens is 3. The molecule has 0 radical (unpaired) electrons. The van der Waals surface area contributed by atoms with Crippen molar-refractivity contribution in [3.05, 3.63) is 51.3 Å². The number of aryl methyl sites for hydroxylation is 2. The van der Waals surface area contributed by atoms with Crippen LogP contribution in [0.5, 0.6) is 0 Å². The molecule has 0 saturated carbocycles. The van der Waals surface area contributed by atoms with Crippen molar-refractivity contribution >= 4 is 15.9 Å². The molecule has 6 heteroatoms. The monoisotopic (exact) mass is 329 g/mol. The van der Waals surface area contributed by atoms with Crippen LogP contribution in [0.3, 0.4) is 0 Å². The first-order valence-electron chi connectivity index (χ1n) is 5.89. The first-order valence-corrected chi connectivity index (χ1v) is 6.68. The van der Waals surface area contributed by atoms with Gasteiger partial charge in [-0.2, -0.15) is 5.10 Å². The molecule has 0 fully saturated rings. The minimum absolute atomic E-state index is 0.149. The topological polar surface area (TPSA) is 43.8 Å². The predicted octanol–water partition coefficient (Wildman–Crippen LogP) is 3.30. The Morgan fingerprint density at radius 3 is 2.74 bits per heavy atom. The summed E-state index contributed by atoms with van der Waals surface area (Å²) in [5, 5.41) is 4.24. The lowest BCUT2D eigenvalue weighted by Crippen LogP contribution is -2.20. The molecule has 19 heavy (non-hydrogen) atoms. The first kappa shape index (κ1) is 14.1. The van der Waals surface area contributed by atoms with Crippen molar-refractivity contribution in [3.63, 3.8) is 0 Å². The highest BCUT2D eigenvalue weighted by atomic mass is 79.9. The Balaban J connectivity index is 2.55. The molecule has 0 spiro atoms. The van der Waals surface area contributed by atoms with E-state index in [1.54, 1.807) is 10.7 Å². The van der Waals surface area contributed by atoms with E-state index in [9.17, 15) is 8.78 Å². The maximum Gasteiger partial charge on any atom is 0.145 e. The van der Waals surface area contributed by atoms with E-state index >= 15 is 0 Å². The van der Waals surface area contributed by atoms with Crippen LogP contribution in [0.2, 0.25) is 0 Å². The van der Waals surface area contributed by atoms with Crippen molar-refractivity contribution < 1.29 is 8.78 Å². The van der Waals surface area contributed by atoms with Crippen LogP contribution in [0.25, 0.3) is 0 Å². The van der Waals surface area contributed by atoms with Gasteiger partial charge >= 0.3 is 0 Å². The van der Waals surface area contributed by atoms with E-state index in [1.165, 1.54) is 12.1 Å². The Morgan fingerprint density at radius 1 is 1.42 bits per heavy atom. The molecule has 1 atom stereocenters. The van der Waals surface area contributed by atoms with Crippen LogP contribution >= 0.6 is 15.9 Å². The molecule has 0 bridgehead atoms. The number of benzene rings is 1. The number of aromatic nitrogens is 2. The van der Waals surface area contributed by atoms with Crippen LogP contribution in [0.1, 0.15) is 29.9 Å². The van der Waals surface area contributed by atoms with Gasteiger partial charge in [-0.15, -0.1) is 0 Å². The zero-order chi connectivity index (χ0) is 14.2. The van der Waals surface area contributed by atoms with Gasteiger partial charge in [-0.3, -0.25) is 4.68 Å². The summed E-state index contributed by atoms with van der Waals surface area (Å²) in [5.74, 6) is -1.33. The summed E-state index contributed by atoms with van der Waals surface area (Å²) >= 11 is 3.04. The lowest BCUT2D eigenvalue weighted by Gasteiger charge is -2.16. The molecular formula is C13H14BrF2N3. The fourth-order valence-electron chi connectivity index (χ4n) is 2.04. The molecule has 1 aromatic heterocycles. The van der Waals surface area contributed by atoms with Gasteiger partial charge in [0.25, 0.3) is 0 Å². The van der Waals surface area contributed by atoms with E-state index in [2.05, 4.69) is 21.0 Å². The summed E-state index contributed by atoms with van der Waals surface area (Å²) in [4.78, 5) is 0. The summed E-state index contributed by atoms with van der Waals surface area (Å²) in [6.07, 6.45) is 0. The maximum absolute atomic E-state index is 14.0. The molecular weight excluding hydrogens is 316 g/mol. The zero-order valence-electron chi connectivity index (χ0n) is 10.6. The predicted molar refractivity (Wildman–Crippen MR) is 72.7 cm³/mol. The molecule has 2 aromatic rings. The van der Waals surface area contributed by atoms with Crippen LogP contribution in [0.15, 0.2) is 22.7 Å². The molecule has 0 saturated heterocycles. The standard InChI is InChI=1S/C13H14BrF2N3/c1-3-19-10(6-7(2)18-19)13(17)11-9(15)5-4-8(14)12(11)16/h4-6,13H,3,17H2,1-2H3. The number of hydrogen-bond acceptors (Lipinski definition) is 2. The van der Waals surface area contributed by atoms with Crippen molar-refractivity contribution in [2.75, 3.05) is 0 Å². The molecule has 1 aromatic carbocycles. The highest BCUT2D eigenvalue weighted by Crippen LogP contribution is 2.29. The third-order valence-electron chi connectivity index (χ3n) is 2.94. The Labute approximate surface area is 118 Å². The van der Waals surface area contributed by atoms with E-state index in [0.717, 1.165) is 5.69 Å². The molecule has 102 valence electrons. The molecule has 1 heterocycles. The van der Waals surface area contributed by atoms with Gasteiger partial charge < -0.3 is 5.73 Å². The van der Waals surface area contributed by atoms with Crippen molar-refractivity contribution in [3.8, 4) is 0 Å². The second-order valence-corrected chi connectivity index (χ2v) is 5.12. The highest BCUT2D eigenvalue weighted by molar-refractivity contribution is 9.10. The second-order valence-electron chi connectivity index (χ2n) is 4.26. The highest BCUT2D eigenvalue weighted by Gasteiger charge is 2.23. The van der Waals surface area contributed by atoms with Crippen molar-refractivity contribution in [2.45, 2.75) is 26.4 Å². The molecule has 1 unspecified atom stereocenters. The average Bonchev–Trinajstić information content (AvgIpc) is 2.75. The van der Waals surface area contributed by atoms with Crippen LogP contribution < -0.4 is 5.73 Å². The lowest BCUT2D eigenvalue weighted by atomic mass is 10.0. The van der Waals surface area contributed by atoms with E-state index in [1.807, 2.05) is 13.8 Å². The van der Waals surface area contributed by atoms with Gasteiger partial charge in [0.1, 0.15) is 11.6 Å². The maximum atomic E-state index is 14.0. The summed E-state index contributed by atoms with van der Waals surface area (Å²) in [5.41, 5.74) is 7.23. The summed E-state index contributed by atoms with van der Waals surface area (Å²) in [6.45, 7) is 4.31. The Bertz CT molecular complexity index is 610. The Hall–Kier alpha value is -1.27. The van der Waals surface area contributed by atoms with Gasteiger partial charge in [-0.05, 0) is 48.0 Å². The van der Waals surface area contributed by atoms with Gasteiger partial charge in [-0.25, -0.2) is 8.78 Å². The zero-order valence-corrected chi connectivity index (χ0v) is 12.2. The van der Waals surface area contributed by atoms with Crippen LogP contribution in [0, 0.1) is 18.6 Å². The van der Waals surface area contributed by atoms with Crippen molar-refractivity contribution in [2.24, 2.45) is 5.73 Å². The molecule has 2 N–H and O–H groups in total. The Morgan fingerprint density at radius 2 is 2.11 bits per heavy atom. The van der Waals surface area contributed by atoms with Gasteiger partial charge in [0.15, 0.2) is 0 Å². The molecule has 0 amide bonds. The largest absolute Gasteiger partial charge is 0.319 e. The summed E-state index contributed by atoms with van der Waals surface area (Å²) in [6, 6.07) is 3.37. The Kier molecular flexibility index (Phi) is 4.01. The fraction of sp³-hybridized carbons (Fsp3) is 0.308. The fourth-order valence-corrected chi connectivity index (χ4v) is 2.39. The number of hydrogen-bond donors (Lipinski definition) is 1. The molecule has 2 rings (SSSR count).